The number of anilines is 1. The topological polar surface area (TPSA) is 88.6 Å². The first-order valence-corrected chi connectivity index (χ1v) is 13.1. The number of para-hydroxylation sites is 1. The van der Waals surface area contributed by atoms with E-state index in [4.69, 9.17) is 14.2 Å². The second kappa shape index (κ2) is 12.8. The largest absolute Gasteiger partial charge is 0.465 e. The lowest BCUT2D eigenvalue weighted by atomic mass is 10.1. The van der Waals surface area contributed by atoms with Crippen molar-refractivity contribution >= 4 is 35.5 Å². The van der Waals surface area contributed by atoms with E-state index in [2.05, 4.69) is 4.90 Å². The molecule has 1 aromatic carbocycles. The zero-order valence-corrected chi connectivity index (χ0v) is 22.9. The second-order valence-corrected chi connectivity index (χ2v) is 10.6. The molecular weight excluding hydrogens is 494 g/mol. The highest BCUT2D eigenvalue weighted by Crippen LogP contribution is 2.34. The van der Waals surface area contributed by atoms with Gasteiger partial charge in [0, 0.05) is 49.6 Å². The standard InChI is InChI=1S/C27H35N3O6S/c1-27(2,3)36-26(33)29-16-14-28(15-17-29)18-19-37-22-12-7-6-11-21(22)30-13-9-8-10-20(24(31)34-4)23(30)25(32)35-5/h6-13H,14-19H2,1-5H3. The summed E-state index contributed by atoms with van der Waals surface area (Å²) in [5, 5.41) is 0. The van der Waals surface area contributed by atoms with E-state index in [1.54, 1.807) is 46.0 Å². The first-order valence-electron chi connectivity index (χ1n) is 12.1. The number of rotatable bonds is 7. The summed E-state index contributed by atoms with van der Waals surface area (Å²) in [4.78, 5) is 44.2. The monoisotopic (exact) mass is 529 g/mol. The summed E-state index contributed by atoms with van der Waals surface area (Å²) in [6.07, 6.45) is 6.44. The van der Waals surface area contributed by atoms with E-state index in [1.165, 1.54) is 14.2 Å². The molecule has 0 aromatic heterocycles. The lowest BCUT2D eigenvalue weighted by Gasteiger charge is -2.35. The number of hydrogen-bond donors (Lipinski definition) is 0. The Morgan fingerprint density at radius 1 is 0.946 bits per heavy atom. The van der Waals surface area contributed by atoms with Gasteiger partial charge in [-0.25, -0.2) is 14.4 Å². The van der Waals surface area contributed by atoms with E-state index >= 15 is 0 Å². The maximum atomic E-state index is 12.8. The van der Waals surface area contributed by atoms with Crippen LogP contribution in [0, 0.1) is 0 Å². The number of piperazine rings is 1. The Balaban J connectivity index is 1.68. The number of thioether (sulfide) groups is 1. The zero-order chi connectivity index (χ0) is 27.0. The molecule has 0 saturated carbocycles. The molecule has 0 unspecified atom stereocenters. The minimum Gasteiger partial charge on any atom is -0.465 e. The third-order valence-electron chi connectivity index (χ3n) is 5.70. The molecule has 10 heteroatoms. The Morgan fingerprint density at radius 3 is 2.27 bits per heavy atom. The number of benzene rings is 1. The molecule has 0 radical (unpaired) electrons. The van der Waals surface area contributed by atoms with E-state index in [-0.39, 0.29) is 17.4 Å². The fraction of sp³-hybridized carbons (Fsp3) is 0.444. The van der Waals surface area contributed by atoms with Crippen molar-refractivity contribution in [3.8, 4) is 0 Å². The molecule has 2 heterocycles. The molecule has 0 spiro atoms. The molecule has 2 aliphatic heterocycles. The number of ether oxygens (including phenoxy) is 3. The van der Waals surface area contributed by atoms with Gasteiger partial charge in [-0.05, 0) is 45.1 Å². The smallest absolute Gasteiger partial charge is 0.410 e. The van der Waals surface area contributed by atoms with Crippen LogP contribution in [0.15, 0.2) is 64.9 Å². The summed E-state index contributed by atoms with van der Waals surface area (Å²) >= 11 is 1.66. The summed E-state index contributed by atoms with van der Waals surface area (Å²) in [5.41, 5.74) is 0.453. The van der Waals surface area contributed by atoms with E-state index in [1.807, 2.05) is 45.0 Å². The van der Waals surface area contributed by atoms with Crippen LogP contribution in [-0.2, 0) is 23.8 Å². The molecule has 2 aliphatic rings. The summed E-state index contributed by atoms with van der Waals surface area (Å²) in [6, 6.07) is 7.71. The molecular formula is C27H35N3O6S. The van der Waals surface area contributed by atoms with Crippen LogP contribution in [0.4, 0.5) is 10.5 Å². The van der Waals surface area contributed by atoms with Gasteiger partial charge < -0.3 is 24.0 Å². The molecule has 0 aliphatic carbocycles. The van der Waals surface area contributed by atoms with Crippen molar-refractivity contribution in [3.05, 3.63) is 60.0 Å². The van der Waals surface area contributed by atoms with Crippen molar-refractivity contribution in [1.82, 2.24) is 9.80 Å². The van der Waals surface area contributed by atoms with Crippen LogP contribution in [0.5, 0.6) is 0 Å². The molecule has 0 bridgehead atoms. The highest BCUT2D eigenvalue weighted by molar-refractivity contribution is 7.99. The number of hydrogen-bond acceptors (Lipinski definition) is 9. The minimum atomic E-state index is -0.640. The molecule has 3 rings (SSSR count). The van der Waals surface area contributed by atoms with Crippen LogP contribution in [0.25, 0.3) is 0 Å². The zero-order valence-electron chi connectivity index (χ0n) is 22.1. The van der Waals surface area contributed by atoms with Crippen LogP contribution in [-0.4, -0.2) is 86.1 Å². The summed E-state index contributed by atoms with van der Waals surface area (Å²) in [7, 11) is 2.56. The third kappa shape index (κ3) is 7.62. The number of methoxy groups -OCH3 is 2. The van der Waals surface area contributed by atoms with Crippen LogP contribution in [0.3, 0.4) is 0 Å². The fourth-order valence-corrected chi connectivity index (χ4v) is 4.95. The molecule has 9 nitrogen and oxygen atoms in total. The maximum absolute atomic E-state index is 12.8. The normalized spacial score (nSPS) is 16.5. The average Bonchev–Trinajstić information content (AvgIpc) is 3.10. The van der Waals surface area contributed by atoms with Crippen LogP contribution in [0.1, 0.15) is 20.8 Å². The molecule has 0 N–H and O–H groups in total. The highest BCUT2D eigenvalue weighted by Gasteiger charge is 2.29. The van der Waals surface area contributed by atoms with Gasteiger partial charge in [-0.3, -0.25) is 4.90 Å². The summed E-state index contributed by atoms with van der Waals surface area (Å²) in [5.74, 6) is -0.458. The Labute approximate surface area is 222 Å². The number of carbonyl (C=O) groups is 3. The predicted molar refractivity (Wildman–Crippen MR) is 143 cm³/mol. The lowest BCUT2D eigenvalue weighted by molar-refractivity contribution is -0.139. The van der Waals surface area contributed by atoms with Crippen LogP contribution in [0.2, 0.25) is 0 Å². The van der Waals surface area contributed by atoms with Crippen molar-refractivity contribution in [1.29, 1.82) is 0 Å². The van der Waals surface area contributed by atoms with E-state index in [0.29, 0.717) is 13.1 Å². The van der Waals surface area contributed by atoms with Crippen LogP contribution < -0.4 is 4.90 Å². The maximum Gasteiger partial charge on any atom is 0.410 e. The summed E-state index contributed by atoms with van der Waals surface area (Å²) in [6.45, 7) is 9.26. The van der Waals surface area contributed by atoms with Gasteiger partial charge >= 0.3 is 18.0 Å². The molecule has 200 valence electrons. The van der Waals surface area contributed by atoms with Crippen LogP contribution >= 0.6 is 11.8 Å². The molecule has 1 aromatic rings. The number of allylic oxidation sites excluding steroid dienone is 2. The van der Waals surface area contributed by atoms with Gasteiger partial charge in [0.25, 0.3) is 0 Å². The number of carbonyl (C=O) groups excluding carboxylic acids is 3. The number of nitrogens with zero attached hydrogens (tertiary/aromatic N) is 3. The van der Waals surface area contributed by atoms with Gasteiger partial charge in [0.2, 0.25) is 0 Å². The fourth-order valence-electron chi connectivity index (χ4n) is 3.89. The van der Waals surface area contributed by atoms with Gasteiger partial charge in [0.15, 0.2) is 0 Å². The average molecular weight is 530 g/mol. The molecule has 37 heavy (non-hydrogen) atoms. The van der Waals surface area contributed by atoms with Crippen molar-refractivity contribution in [2.45, 2.75) is 31.3 Å². The predicted octanol–water partition coefficient (Wildman–Crippen LogP) is 3.82. The Kier molecular flexibility index (Phi) is 9.82. The van der Waals surface area contributed by atoms with Gasteiger partial charge in [-0.15, -0.1) is 11.8 Å². The second-order valence-electron chi connectivity index (χ2n) is 9.44. The SMILES string of the molecule is COC(=O)C1=C(C(=O)OC)N(c2ccccc2SCCN2CCN(C(=O)OC(C)(C)C)CC2)C=CC=C1. The van der Waals surface area contributed by atoms with E-state index in [9.17, 15) is 14.4 Å². The molecule has 1 amide bonds. The van der Waals surface area contributed by atoms with E-state index in [0.717, 1.165) is 36.0 Å². The van der Waals surface area contributed by atoms with E-state index < -0.39 is 17.5 Å². The van der Waals surface area contributed by atoms with Crippen molar-refractivity contribution in [3.63, 3.8) is 0 Å². The minimum absolute atomic E-state index is 0.0886. The van der Waals surface area contributed by atoms with Gasteiger partial charge in [0.05, 0.1) is 25.5 Å². The highest BCUT2D eigenvalue weighted by atomic mass is 32.2. The van der Waals surface area contributed by atoms with Gasteiger partial charge in [0.1, 0.15) is 11.3 Å². The number of amides is 1. The van der Waals surface area contributed by atoms with Crippen molar-refractivity contribution in [2.75, 3.05) is 57.6 Å². The first kappa shape index (κ1) is 28.3. The number of esters is 2. The Bertz CT molecular complexity index is 1080. The quantitative estimate of drug-likeness (QED) is 0.297. The first-order chi connectivity index (χ1) is 17.6. The lowest BCUT2D eigenvalue weighted by Crippen LogP contribution is -2.50. The molecule has 1 saturated heterocycles. The van der Waals surface area contributed by atoms with Crippen molar-refractivity contribution in [2.24, 2.45) is 0 Å². The van der Waals surface area contributed by atoms with Crippen molar-refractivity contribution < 1.29 is 28.6 Å². The molecule has 0 atom stereocenters. The summed E-state index contributed by atoms with van der Waals surface area (Å²) < 4.78 is 15.4. The molecule has 1 fully saturated rings. The Hall–Kier alpha value is -3.24. The van der Waals surface area contributed by atoms with Gasteiger partial charge in [-0.1, -0.05) is 18.2 Å². The van der Waals surface area contributed by atoms with Gasteiger partial charge in [-0.2, -0.15) is 0 Å². The Morgan fingerprint density at radius 2 is 1.62 bits per heavy atom. The third-order valence-corrected chi connectivity index (χ3v) is 6.75.